The number of hydrogen-bond acceptors (Lipinski definition) is 4. The van der Waals surface area contributed by atoms with Crippen LogP contribution in [0.4, 0.5) is 4.39 Å². The summed E-state index contributed by atoms with van der Waals surface area (Å²) in [5.41, 5.74) is 2.61. The molecule has 1 saturated heterocycles. The number of nitrogens with zero attached hydrogens (tertiary/aromatic N) is 3. The number of carbonyl (C=O) groups is 1. The molecule has 1 unspecified atom stereocenters. The lowest BCUT2D eigenvalue weighted by Gasteiger charge is -2.16. The third-order valence-corrected chi connectivity index (χ3v) is 4.95. The Morgan fingerprint density at radius 2 is 1.96 bits per heavy atom. The van der Waals surface area contributed by atoms with Crippen molar-refractivity contribution >= 4 is 5.91 Å². The summed E-state index contributed by atoms with van der Waals surface area (Å²) >= 11 is 0. The summed E-state index contributed by atoms with van der Waals surface area (Å²) in [6, 6.07) is 14.5. The van der Waals surface area contributed by atoms with E-state index in [1.807, 2.05) is 24.3 Å². The van der Waals surface area contributed by atoms with Crippen LogP contribution in [-0.4, -0.2) is 27.5 Å². The number of amides is 1. The van der Waals surface area contributed by atoms with E-state index in [1.54, 1.807) is 23.1 Å². The number of benzene rings is 2. The molecule has 4 rings (SSSR count). The minimum atomic E-state index is -0.300. The Morgan fingerprint density at radius 1 is 1.19 bits per heavy atom. The molecule has 1 aromatic heterocycles. The van der Waals surface area contributed by atoms with Gasteiger partial charge in [-0.05, 0) is 30.2 Å². The number of hydrogen-bond donors (Lipinski definition) is 0. The summed E-state index contributed by atoms with van der Waals surface area (Å²) < 4.78 is 19.3. The number of aryl methyl sites for hydroxylation is 1. The maximum Gasteiger partial charge on any atom is 0.257 e. The van der Waals surface area contributed by atoms with Crippen LogP contribution in [0.3, 0.4) is 0 Å². The molecule has 138 valence electrons. The summed E-state index contributed by atoms with van der Waals surface area (Å²) in [6.07, 6.45) is 1.28. The SMILES string of the molecule is CCc1ccc(-c2nc(C3CC(=O)N(Cc4ccccc4F)C3)no2)cc1. The van der Waals surface area contributed by atoms with Gasteiger partial charge < -0.3 is 9.42 Å². The highest BCUT2D eigenvalue weighted by atomic mass is 19.1. The first kappa shape index (κ1) is 17.4. The maximum atomic E-state index is 13.9. The first-order valence-electron chi connectivity index (χ1n) is 9.08. The zero-order valence-corrected chi connectivity index (χ0v) is 15.1. The smallest absolute Gasteiger partial charge is 0.257 e. The van der Waals surface area contributed by atoms with E-state index in [4.69, 9.17) is 4.52 Å². The topological polar surface area (TPSA) is 59.2 Å². The molecule has 1 amide bonds. The summed E-state index contributed by atoms with van der Waals surface area (Å²) in [7, 11) is 0. The molecule has 27 heavy (non-hydrogen) atoms. The van der Waals surface area contributed by atoms with Crippen molar-refractivity contribution < 1.29 is 13.7 Å². The fourth-order valence-electron chi connectivity index (χ4n) is 3.33. The average molecular weight is 365 g/mol. The lowest BCUT2D eigenvalue weighted by molar-refractivity contribution is -0.128. The zero-order chi connectivity index (χ0) is 18.8. The Kier molecular flexibility index (Phi) is 4.71. The van der Waals surface area contributed by atoms with Crippen molar-refractivity contribution in [2.45, 2.75) is 32.2 Å². The van der Waals surface area contributed by atoms with E-state index in [2.05, 4.69) is 17.1 Å². The highest BCUT2D eigenvalue weighted by Gasteiger charge is 2.34. The van der Waals surface area contributed by atoms with E-state index in [-0.39, 0.29) is 24.2 Å². The van der Waals surface area contributed by atoms with Crippen LogP contribution in [-0.2, 0) is 17.8 Å². The largest absolute Gasteiger partial charge is 0.337 e. The fraction of sp³-hybridized carbons (Fsp3) is 0.286. The van der Waals surface area contributed by atoms with Crippen molar-refractivity contribution in [1.82, 2.24) is 15.0 Å². The monoisotopic (exact) mass is 365 g/mol. The summed E-state index contributed by atoms with van der Waals surface area (Å²) in [6.45, 7) is 2.82. The van der Waals surface area contributed by atoms with Crippen LogP contribution in [0.5, 0.6) is 0 Å². The second kappa shape index (κ2) is 7.31. The number of likely N-dealkylation sites (tertiary alicyclic amines) is 1. The van der Waals surface area contributed by atoms with Crippen molar-refractivity contribution in [3.05, 3.63) is 71.3 Å². The lowest BCUT2D eigenvalue weighted by atomic mass is 10.1. The molecule has 1 aliphatic heterocycles. The van der Waals surface area contributed by atoms with Gasteiger partial charge in [0.25, 0.3) is 5.89 Å². The van der Waals surface area contributed by atoms with Gasteiger partial charge in [0.05, 0.1) is 0 Å². The van der Waals surface area contributed by atoms with Gasteiger partial charge in [0.1, 0.15) is 5.82 Å². The van der Waals surface area contributed by atoms with Crippen LogP contribution in [0, 0.1) is 5.82 Å². The second-order valence-corrected chi connectivity index (χ2v) is 6.77. The second-order valence-electron chi connectivity index (χ2n) is 6.77. The van der Waals surface area contributed by atoms with Gasteiger partial charge in [0.2, 0.25) is 5.91 Å². The molecular formula is C21H20FN3O2. The highest BCUT2D eigenvalue weighted by molar-refractivity contribution is 5.79. The summed E-state index contributed by atoms with van der Waals surface area (Å²) in [5.74, 6) is 0.506. The van der Waals surface area contributed by atoms with Gasteiger partial charge in [-0.15, -0.1) is 0 Å². The predicted molar refractivity (Wildman–Crippen MR) is 98.3 cm³/mol. The Morgan fingerprint density at radius 3 is 2.70 bits per heavy atom. The molecule has 2 heterocycles. The molecule has 2 aromatic carbocycles. The van der Waals surface area contributed by atoms with E-state index >= 15 is 0 Å². The van der Waals surface area contributed by atoms with Gasteiger partial charge in [0.15, 0.2) is 5.82 Å². The molecular weight excluding hydrogens is 345 g/mol. The minimum Gasteiger partial charge on any atom is -0.337 e. The number of rotatable bonds is 5. The summed E-state index contributed by atoms with van der Waals surface area (Å²) in [5, 5.41) is 4.07. The molecule has 0 spiro atoms. The van der Waals surface area contributed by atoms with Gasteiger partial charge in [-0.3, -0.25) is 4.79 Å². The average Bonchev–Trinajstić information content (AvgIpc) is 3.31. The minimum absolute atomic E-state index is 0.0260. The molecule has 0 saturated carbocycles. The third kappa shape index (κ3) is 3.60. The van der Waals surface area contributed by atoms with E-state index in [1.165, 1.54) is 11.6 Å². The Balaban J connectivity index is 1.47. The summed E-state index contributed by atoms with van der Waals surface area (Å²) in [4.78, 5) is 18.5. The van der Waals surface area contributed by atoms with Gasteiger partial charge in [-0.2, -0.15) is 4.98 Å². The van der Waals surface area contributed by atoms with Gasteiger partial charge >= 0.3 is 0 Å². The molecule has 1 fully saturated rings. The predicted octanol–water partition coefficient (Wildman–Crippen LogP) is 3.95. The van der Waals surface area contributed by atoms with Crippen LogP contribution >= 0.6 is 0 Å². The van der Waals surface area contributed by atoms with Crippen LogP contribution in [0.2, 0.25) is 0 Å². The van der Waals surface area contributed by atoms with E-state index in [9.17, 15) is 9.18 Å². The molecule has 1 aliphatic rings. The lowest BCUT2D eigenvalue weighted by Crippen LogP contribution is -2.25. The van der Waals surface area contributed by atoms with Crippen molar-refractivity contribution in [2.75, 3.05) is 6.54 Å². The van der Waals surface area contributed by atoms with Gasteiger partial charge in [-0.25, -0.2) is 4.39 Å². The zero-order valence-electron chi connectivity index (χ0n) is 15.1. The number of halogens is 1. The molecule has 1 atom stereocenters. The molecule has 6 heteroatoms. The highest BCUT2D eigenvalue weighted by Crippen LogP contribution is 2.29. The van der Waals surface area contributed by atoms with Crippen LogP contribution in [0.25, 0.3) is 11.5 Å². The van der Waals surface area contributed by atoms with E-state index in [0.29, 0.717) is 30.2 Å². The van der Waals surface area contributed by atoms with Crippen LogP contribution in [0.1, 0.15) is 36.2 Å². The molecule has 5 nitrogen and oxygen atoms in total. The molecule has 0 aliphatic carbocycles. The van der Waals surface area contributed by atoms with Crippen molar-refractivity contribution in [3.63, 3.8) is 0 Å². The van der Waals surface area contributed by atoms with Crippen LogP contribution < -0.4 is 0 Å². The molecule has 3 aromatic rings. The van der Waals surface area contributed by atoms with Gasteiger partial charge in [-0.1, -0.05) is 42.4 Å². The maximum absolute atomic E-state index is 13.9. The fourth-order valence-corrected chi connectivity index (χ4v) is 3.33. The Hall–Kier alpha value is -3.02. The van der Waals surface area contributed by atoms with Crippen molar-refractivity contribution in [1.29, 1.82) is 0 Å². The van der Waals surface area contributed by atoms with Crippen molar-refractivity contribution in [2.24, 2.45) is 0 Å². The number of carbonyl (C=O) groups excluding carboxylic acids is 1. The van der Waals surface area contributed by atoms with Crippen LogP contribution in [0.15, 0.2) is 53.1 Å². The van der Waals surface area contributed by atoms with Crippen molar-refractivity contribution in [3.8, 4) is 11.5 Å². The first-order chi connectivity index (χ1) is 13.1. The molecule has 0 N–H and O–H groups in total. The Bertz CT molecular complexity index is 952. The van der Waals surface area contributed by atoms with E-state index in [0.717, 1.165) is 12.0 Å². The quantitative estimate of drug-likeness (QED) is 0.687. The number of aromatic nitrogens is 2. The normalized spacial score (nSPS) is 16.9. The molecule has 0 radical (unpaired) electrons. The van der Waals surface area contributed by atoms with Gasteiger partial charge in [0, 0.05) is 36.6 Å². The third-order valence-electron chi connectivity index (χ3n) is 4.95. The first-order valence-corrected chi connectivity index (χ1v) is 9.08. The Labute approximate surface area is 156 Å². The molecule has 0 bridgehead atoms. The standard InChI is InChI=1S/C21H20FN3O2/c1-2-14-7-9-15(10-8-14)21-23-20(24-27-21)17-11-19(26)25(13-17)12-16-5-3-4-6-18(16)22/h3-10,17H,2,11-13H2,1H3. The van der Waals surface area contributed by atoms with E-state index < -0.39 is 0 Å².